The van der Waals surface area contributed by atoms with Crippen molar-refractivity contribution in [2.75, 3.05) is 11.9 Å². The zero-order chi connectivity index (χ0) is 13.8. The number of hydrogen-bond acceptors (Lipinski definition) is 3. The van der Waals surface area contributed by atoms with E-state index in [2.05, 4.69) is 4.98 Å². The Morgan fingerprint density at radius 1 is 1.32 bits per heavy atom. The fourth-order valence-corrected chi connectivity index (χ4v) is 1.86. The van der Waals surface area contributed by atoms with Crippen LogP contribution in [-0.4, -0.2) is 23.0 Å². The number of pyridine rings is 1. The van der Waals surface area contributed by atoms with E-state index in [1.165, 1.54) is 4.90 Å². The highest BCUT2D eigenvalue weighted by atomic mass is 16.3. The van der Waals surface area contributed by atoms with Crippen LogP contribution in [0.15, 0.2) is 42.6 Å². The van der Waals surface area contributed by atoms with Crippen LogP contribution in [-0.2, 0) is 6.61 Å². The highest BCUT2D eigenvalue weighted by Crippen LogP contribution is 2.16. The quantitative estimate of drug-likeness (QED) is 0.915. The molecule has 1 aromatic carbocycles. The largest absolute Gasteiger partial charge is 0.392 e. The molecule has 0 saturated carbocycles. The Morgan fingerprint density at radius 2 is 2.05 bits per heavy atom. The molecule has 1 N–H and O–H groups in total. The molecule has 98 valence electrons. The molecule has 0 radical (unpaired) electrons. The summed E-state index contributed by atoms with van der Waals surface area (Å²) in [4.78, 5) is 18.1. The second-order valence-electron chi connectivity index (χ2n) is 4.37. The van der Waals surface area contributed by atoms with Crippen molar-refractivity contribution in [2.24, 2.45) is 0 Å². The van der Waals surface area contributed by atoms with Crippen molar-refractivity contribution < 1.29 is 9.90 Å². The molecule has 2 aromatic rings. The summed E-state index contributed by atoms with van der Waals surface area (Å²) in [5.41, 5.74) is 2.16. The summed E-state index contributed by atoms with van der Waals surface area (Å²) in [6.45, 7) is 1.79. The molecule has 0 aliphatic carbocycles. The number of benzene rings is 1. The Morgan fingerprint density at radius 3 is 2.74 bits per heavy atom. The monoisotopic (exact) mass is 256 g/mol. The fourth-order valence-electron chi connectivity index (χ4n) is 1.86. The third kappa shape index (κ3) is 2.80. The molecular weight excluding hydrogens is 240 g/mol. The number of carbonyl (C=O) groups excluding carboxylic acids is 1. The molecule has 0 spiro atoms. The zero-order valence-electron chi connectivity index (χ0n) is 11.0. The highest BCUT2D eigenvalue weighted by Gasteiger charge is 2.17. The average Bonchev–Trinajstić information content (AvgIpc) is 2.45. The minimum Gasteiger partial charge on any atom is -0.392 e. The molecule has 1 aromatic heterocycles. The maximum Gasteiger partial charge on any atom is 0.259 e. The van der Waals surface area contributed by atoms with Gasteiger partial charge >= 0.3 is 0 Å². The Balaban J connectivity index is 2.33. The SMILES string of the molecule is Cc1ccnc(N(C)C(=O)c2ccccc2CO)c1. The van der Waals surface area contributed by atoms with Crippen LogP contribution in [0.1, 0.15) is 21.5 Å². The van der Waals surface area contributed by atoms with Gasteiger partial charge in [-0.3, -0.25) is 9.69 Å². The Kier molecular flexibility index (Phi) is 3.92. The summed E-state index contributed by atoms with van der Waals surface area (Å²) in [7, 11) is 1.68. The Labute approximate surface area is 112 Å². The molecule has 0 unspecified atom stereocenters. The number of carbonyl (C=O) groups is 1. The van der Waals surface area contributed by atoms with E-state index in [-0.39, 0.29) is 12.5 Å². The third-order valence-electron chi connectivity index (χ3n) is 2.97. The number of nitrogens with zero attached hydrogens (tertiary/aromatic N) is 2. The number of rotatable bonds is 3. The van der Waals surface area contributed by atoms with Crippen molar-refractivity contribution in [1.29, 1.82) is 0 Å². The summed E-state index contributed by atoms with van der Waals surface area (Å²) >= 11 is 0. The third-order valence-corrected chi connectivity index (χ3v) is 2.97. The summed E-state index contributed by atoms with van der Waals surface area (Å²) in [6, 6.07) is 10.8. The van der Waals surface area contributed by atoms with Crippen LogP contribution in [0.3, 0.4) is 0 Å². The Hall–Kier alpha value is -2.20. The van der Waals surface area contributed by atoms with Crippen molar-refractivity contribution in [3.63, 3.8) is 0 Å². The van der Waals surface area contributed by atoms with Crippen LogP contribution in [0.2, 0.25) is 0 Å². The van der Waals surface area contributed by atoms with Gasteiger partial charge in [0.15, 0.2) is 0 Å². The van der Waals surface area contributed by atoms with E-state index in [1.54, 1.807) is 37.5 Å². The molecular formula is C15H16N2O2. The molecule has 0 fully saturated rings. The molecule has 0 bridgehead atoms. The van der Waals surface area contributed by atoms with Gasteiger partial charge in [-0.05, 0) is 36.2 Å². The first-order valence-electron chi connectivity index (χ1n) is 6.03. The maximum absolute atomic E-state index is 12.4. The Bertz CT molecular complexity index is 596. The lowest BCUT2D eigenvalue weighted by molar-refractivity contribution is 0.0989. The van der Waals surface area contributed by atoms with Crippen LogP contribution in [0, 0.1) is 6.92 Å². The number of aryl methyl sites for hydroxylation is 1. The van der Waals surface area contributed by atoms with Crippen LogP contribution < -0.4 is 4.90 Å². The summed E-state index contributed by atoms with van der Waals surface area (Å²) in [5, 5.41) is 9.28. The van der Waals surface area contributed by atoms with Gasteiger partial charge in [0.2, 0.25) is 0 Å². The molecule has 0 saturated heterocycles. The number of hydrogen-bond donors (Lipinski definition) is 1. The van der Waals surface area contributed by atoms with Gasteiger partial charge in [0.05, 0.1) is 6.61 Å². The lowest BCUT2D eigenvalue weighted by Crippen LogP contribution is -2.28. The number of aliphatic hydroxyl groups excluding tert-OH is 1. The lowest BCUT2D eigenvalue weighted by atomic mass is 10.1. The highest BCUT2D eigenvalue weighted by molar-refractivity contribution is 6.06. The van der Waals surface area contributed by atoms with E-state index in [9.17, 15) is 9.90 Å². The van der Waals surface area contributed by atoms with Crippen molar-refractivity contribution in [3.05, 3.63) is 59.3 Å². The lowest BCUT2D eigenvalue weighted by Gasteiger charge is -2.18. The first-order chi connectivity index (χ1) is 9.13. The van der Waals surface area contributed by atoms with Crippen LogP contribution in [0.5, 0.6) is 0 Å². The molecule has 1 heterocycles. The van der Waals surface area contributed by atoms with E-state index < -0.39 is 0 Å². The molecule has 4 heteroatoms. The maximum atomic E-state index is 12.4. The predicted octanol–water partition coefficient (Wildman–Crippen LogP) is 2.16. The van der Waals surface area contributed by atoms with Gasteiger partial charge in [-0.2, -0.15) is 0 Å². The van der Waals surface area contributed by atoms with E-state index >= 15 is 0 Å². The minimum absolute atomic E-state index is 0.156. The molecule has 1 amide bonds. The first-order valence-corrected chi connectivity index (χ1v) is 6.03. The smallest absolute Gasteiger partial charge is 0.259 e. The summed E-state index contributed by atoms with van der Waals surface area (Å²) in [6.07, 6.45) is 1.67. The molecule has 2 rings (SSSR count). The number of aliphatic hydroxyl groups is 1. The topological polar surface area (TPSA) is 53.4 Å². The van der Waals surface area contributed by atoms with Crippen LogP contribution in [0.25, 0.3) is 0 Å². The van der Waals surface area contributed by atoms with Gasteiger partial charge in [0, 0.05) is 18.8 Å². The average molecular weight is 256 g/mol. The number of anilines is 1. The molecule has 0 atom stereocenters. The second kappa shape index (κ2) is 5.63. The van der Waals surface area contributed by atoms with E-state index in [0.717, 1.165) is 5.56 Å². The van der Waals surface area contributed by atoms with Gasteiger partial charge < -0.3 is 5.11 Å². The van der Waals surface area contributed by atoms with Crippen molar-refractivity contribution in [3.8, 4) is 0 Å². The molecule has 4 nitrogen and oxygen atoms in total. The fraction of sp³-hybridized carbons (Fsp3) is 0.200. The van der Waals surface area contributed by atoms with E-state index in [0.29, 0.717) is 16.9 Å². The summed E-state index contributed by atoms with van der Waals surface area (Å²) < 4.78 is 0. The van der Waals surface area contributed by atoms with Gasteiger partial charge in [-0.25, -0.2) is 4.98 Å². The predicted molar refractivity (Wildman–Crippen MR) is 74.1 cm³/mol. The van der Waals surface area contributed by atoms with Gasteiger partial charge in [-0.15, -0.1) is 0 Å². The molecule has 0 aliphatic rings. The molecule has 0 aliphatic heterocycles. The van der Waals surface area contributed by atoms with Gasteiger partial charge in [0.1, 0.15) is 5.82 Å². The van der Waals surface area contributed by atoms with E-state index in [4.69, 9.17) is 0 Å². The van der Waals surface area contributed by atoms with Gasteiger partial charge in [-0.1, -0.05) is 18.2 Å². The van der Waals surface area contributed by atoms with Crippen molar-refractivity contribution in [1.82, 2.24) is 4.98 Å². The van der Waals surface area contributed by atoms with Crippen molar-refractivity contribution in [2.45, 2.75) is 13.5 Å². The zero-order valence-corrected chi connectivity index (χ0v) is 11.0. The number of aromatic nitrogens is 1. The van der Waals surface area contributed by atoms with Crippen LogP contribution in [0.4, 0.5) is 5.82 Å². The number of amides is 1. The van der Waals surface area contributed by atoms with Crippen molar-refractivity contribution >= 4 is 11.7 Å². The van der Waals surface area contributed by atoms with Crippen LogP contribution >= 0.6 is 0 Å². The normalized spacial score (nSPS) is 10.3. The second-order valence-corrected chi connectivity index (χ2v) is 4.37. The standard InChI is InChI=1S/C15H16N2O2/c1-11-7-8-16-14(9-11)17(2)15(19)13-6-4-3-5-12(13)10-18/h3-9,18H,10H2,1-2H3. The summed E-state index contributed by atoms with van der Waals surface area (Å²) in [5.74, 6) is 0.417. The minimum atomic E-state index is -0.178. The van der Waals surface area contributed by atoms with E-state index in [1.807, 2.05) is 19.1 Å². The molecule has 19 heavy (non-hydrogen) atoms. The first kappa shape index (κ1) is 13.2. The van der Waals surface area contributed by atoms with Gasteiger partial charge in [0.25, 0.3) is 5.91 Å².